The topological polar surface area (TPSA) is 34.1 Å². The van der Waals surface area contributed by atoms with Crippen molar-refractivity contribution in [2.45, 2.75) is 26.2 Å². The Bertz CT molecular complexity index is 189. The molecule has 1 aliphatic rings. The minimum Gasteiger partial charge on any atom is -0.299 e. The predicted molar refractivity (Wildman–Crippen MR) is 42.4 cm³/mol. The maximum Gasteiger partial charge on any atom is 0.225 e. The van der Waals surface area contributed by atoms with E-state index in [0.717, 1.165) is 12.8 Å². The fourth-order valence-corrected chi connectivity index (χ4v) is 1.81. The molecule has 1 saturated carbocycles. The van der Waals surface area contributed by atoms with E-state index in [2.05, 4.69) is 0 Å². The van der Waals surface area contributed by atoms with Gasteiger partial charge in [-0.15, -0.1) is 0 Å². The summed E-state index contributed by atoms with van der Waals surface area (Å²) in [6.07, 6.45) is 2.20. The number of carbonyl (C=O) groups is 2. The highest BCUT2D eigenvalue weighted by Gasteiger charge is 2.31. The van der Waals surface area contributed by atoms with Gasteiger partial charge in [-0.3, -0.25) is 9.59 Å². The molecule has 0 saturated heterocycles. The van der Waals surface area contributed by atoms with Gasteiger partial charge < -0.3 is 0 Å². The van der Waals surface area contributed by atoms with Gasteiger partial charge in [-0.25, -0.2) is 0 Å². The van der Waals surface area contributed by atoms with E-state index in [1.54, 1.807) is 6.92 Å². The summed E-state index contributed by atoms with van der Waals surface area (Å²) >= 11 is 5.33. The van der Waals surface area contributed by atoms with Gasteiger partial charge in [0.2, 0.25) is 5.24 Å². The molecule has 62 valence electrons. The van der Waals surface area contributed by atoms with Crippen molar-refractivity contribution in [3.05, 3.63) is 0 Å². The molecule has 0 aromatic rings. The van der Waals surface area contributed by atoms with Crippen LogP contribution in [0.1, 0.15) is 26.2 Å². The quantitative estimate of drug-likeness (QED) is 0.568. The fraction of sp³-hybridized carbons (Fsp3) is 0.750. The van der Waals surface area contributed by atoms with Crippen molar-refractivity contribution in [3.8, 4) is 0 Å². The van der Waals surface area contributed by atoms with Crippen LogP contribution in [-0.4, -0.2) is 11.0 Å². The second-order valence-corrected chi connectivity index (χ2v) is 3.43. The first kappa shape index (κ1) is 8.72. The first-order chi connectivity index (χ1) is 5.13. The van der Waals surface area contributed by atoms with E-state index in [-0.39, 0.29) is 22.9 Å². The van der Waals surface area contributed by atoms with E-state index < -0.39 is 0 Å². The van der Waals surface area contributed by atoms with Crippen LogP contribution < -0.4 is 0 Å². The molecule has 0 radical (unpaired) electrons. The lowest BCUT2D eigenvalue weighted by Crippen LogP contribution is -2.29. The van der Waals surface area contributed by atoms with Crippen LogP contribution in [0.4, 0.5) is 0 Å². The highest BCUT2D eigenvalue weighted by molar-refractivity contribution is 6.64. The Kier molecular flexibility index (Phi) is 2.66. The highest BCUT2D eigenvalue weighted by Crippen LogP contribution is 2.28. The fourth-order valence-electron chi connectivity index (χ4n) is 1.51. The maximum absolute atomic E-state index is 11.1. The molecule has 0 N–H and O–H groups in total. The molecule has 0 aromatic heterocycles. The SMILES string of the molecule is CC1C(=O)CCCC1C(=O)Cl. The number of Topliss-reactive ketones (excluding diaryl/α,β-unsaturated/α-hetero) is 1. The van der Waals surface area contributed by atoms with Crippen LogP contribution in [0.25, 0.3) is 0 Å². The molecule has 2 unspecified atom stereocenters. The van der Waals surface area contributed by atoms with Crippen molar-refractivity contribution in [1.82, 2.24) is 0 Å². The maximum atomic E-state index is 11.1. The lowest BCUT2D eigenvalue weighted by molar-refractivity contribution is -0.130. The summed E-state index contributed by atoms with van der Waals surface area (Å²) in [6, 6.07) is 0. The number of hydrogen-bond donors (Lipinski definition) is 0. The smallest absolute Gasteiger partial charge is 0.225 e. The van der Waals surface area contributed by atoms with E-state index in [1.807, 2.05) is 0 Å². The Labute approximate surface area is 70.9 Å². The van der Waals surface area contributed by atoms with Crippen molar-refractivity contribution in [2.75, 3.05) is 0 Å². The van der Waals surface area contributed by atoms with Crippen molar-refractivity contribution in [2.24, 2.45) is 11.8 Å². The molecule has 1 rings (SSSR count). The Morgan fingerprint density at radius 2 is 2.27 bits per heavy atom. The number of halogens is 1. The summed E-state index contributed by atoms with van der Waals surface area (Å²) in [5.74, 6) is -0.207. The van der Waals surface area contributed by atoms with Gasteiger partial charge in [0.15, 0.2) is 0 Å². The van der Waals surface area contributed by atoms with Gasteiger partial charge in [-0.05, 0) is 24.4 Å². The van der Waals surface area contributed by atoms with Gasteiger partial charge in [-0.2, -0.15) is 0 Å². The largest absolute Gasteiger partial charge is 0.299 e. The molecular weight excluding hydrogens is 164 g/mol. The van der Waals surface area contributed by atoms with Crippen LogP contribution in [0.5, 0.6) is 0 Å². The summed E-state index contributed by atoms with van der Waals surface area (Å²) < 4.78 is 0. The summed E-state index contributed by atoms with van der Waals surface area (Å²) in [5, 5.41) is -0.356. The third-order valence-corrected chi connectivity index (χ3v) is 2.62. The summed E-state index contributed by atoms with van der Waals surface area (Å²) in [4.78, 5) is 21.9. The van der Waals surface area contributed by atoms with E-state index >= 15 is 0 Å². The van der Waals surface area contributed by atoms with Gasteiger partial charge in [0.05, 0.1) is 0 Å². The number of ketones is 1. The molecular formula is C8H11ClO2. The molecule has 2 nitrogen and oxygen atoms in total. The Balaban J connectivity index is 2.65. The van der Waals surface area contributed by atoms with E-state index in [9.17, 15) is 9.59 Å². The minimum absolute atomic E-state index is 0.159. The zero-order valence-corrected chi connectivity index (χ0v) is 7.23. The van der Waals surface area contributed by atoms with Crippen LogP contribution in [-0.2, 0) is 9.59 Å². The normalized spacial score (nSPS) is 32.0. The van der Waals surface area contributed by atoms with Crippen molar-refractivity contribution in [1.29, 1.82) is 0 Å². The van der Waals surface area contributed by atoms with Gasteiger partial charge in [-0.1, -0.05) is 6.92 Å². The lowest BCUT2D eigenvalue weighted by atomic mass is 9.80. The van der Waals surface area contributed by atoms with Crippen molar-refractivity contribution >= 4 is 22.6 Å². The van der Waals surface area contributed by atoms with Gasteiger partial charge in [0.1, 0.15) is 5.78 Å². The number of hydrogen-bond acceptors (Lipinski definition) is 2. The van der Waals surface area contributed by atoms with Crippen LogP contribution in [0.3, 0.4) is 0 Å². The van der Waals surface area contributed by atoms with Gasteiger partial charge in [0, 0.05) is 18.3 Å². The number of carbonyl (C=O) groups excluding carboxylic acids is 2. The second kappa shape index (κ2) is 3.35. The molecule has 0 bridgehead atoms. The van der Waals surface area contributed by atoms with E-state index in [0.29, 0.717) is 6.42 Å². The van der Waals surface area contributed by atoms with Crippen LogP contribution in [0.15, 0.2) is 0 Å². The molecule has 0 aliphatic heterocycles. The number of rotatable bonds is 1. The average molecular weight is 175 g/mol. The van der Waals surface area contributed by atoms with Gasteiger partial charge in [0.25, 0.3) is 0 Å². The Hall–Kier alpha value is -0.370. The Morgan fingerprint density at radius 1 is 1.64 bits per heavy atom. The summed E-state index contributed by atoms with van der Waals surface area (Å²) in [7, 11) is 0. The molecule has 0 heterocycles. The molecule has 0 spiro atoms. The van der Waals surface area contributed by atoms with E-state index in [1.165, 1.54) is 0 Å². The first-order valence-corrected chi connectivity index (χ1v) is 4.23. The monoisotopic (exact) mass is 174 g/mol. The molecule has 2 atom stereocenters. The van der Waals surface area contributed by atoms with Crippen LogP contribution in [0, 0.1) is 11.8 Å². The first-order valence-electron chi connectivity index (χ1n) is 3.85. The van der Waals surface area contributed by atoms with E-state index in [4.69, 9.17) is 11.6 Å². The zero-order chi connectivity index (χ0) is 8.43. The predicted octanol–water partition coefficient (Wildman–Crippen LogP) is 1.76. The molecule has 1 aliphatic carbocycles. The third kappa shape index (κ3) is 1.80. The standard InChI is InChI=1S/C8H11ClO2/c1-5-6(8(9)11)3-2-4-7(5)10/h5-6H,2-4H2,1H3. The Morgan fingerprint density at radius 3 is 2.73 bits per heavy atom. The average Bonchev–Trinajstić information content (AvgIpc) is 1.94. The molecule has 0 amide bonds. The van der Waals surface area contributed by atoms with Crippen LogP contribution >= 0.6 is 11.6 Å². The zero-order valence-electron chi connectivity index (χ0n) is 6.47. The second-order valence-electron chi connectivity index (χ2n) is 3.06. The molecule has 0 aromatic carbocycles. The lowest BCUT2D eigenvalue weighted by Gasteiger charge is -2.23. The van der Waals surface area contributed by atoms with Crippen molar-refractivity contribution < 1.29 is 9.59 Å². The third-order valence-electron chi connectivity index (χ3n) is 2.34. The molecule has 3 heteroatoms. The van der Waals surface area contributed by atoms with Crippen molar-refractivity contribution in [3.63, 3.8) is 0 Å². The summed E-state index contributed by atoms with van der Waals surface area (Å²) in [5.41, 5.74) is 0. The molecule has 1 fully saturated rings. The molecule has 11 heavy (non-hydrogen) atoms. The highest BCUT2D eigenvalue weighted by atomic mass is 35.5. The minimum atomic E-state index is -0.356. The van der Waals surface area contributed by atoms with Crippen LogP contribution in [0.2, 0.25) is 0 Å². The summed E-state index contributed by atoms with van der Waals surface area (Å²) in [6.45, 7) is 1.78. The van der Waals surface area contributed by atoms with Gasteiger partial charge >= 0.3 is 0 Å².